The third-order valence-electron chi connectivity index (χ3n) is 4.87. The minimum absolute atomic E-state index is 0.0806. The van der Waals surface area contributed by atoms with Crippen LogP contribution in [-0.4, -0.2) is 27.4 Å². The molecule has 1 amide bonds. The number of hydrogen-bond donors (Lipinski definition) is 1. The van der Waals surface area contributed by atoms with Gasteiger partial charge in [0.05, 0.1) is 17.4 Å². The molecule has 0 aliphatic rings. The second kappa shape index (κ2) is 10.4. The first-order valence-electron chi connectivity index (χ1n) is 10.3. The first kappa shape index (κ1) is 22.7. The maximum Gasteiger partial charge on any atom is 0.263 e. The summed E-state index contributed by atoms with van der Waals surface area (Å²) in [6, 6.07) is 17.6. The maximum absolute atomic E-state index is 13.3. The molecule has 0 unspecified atom stereocenters. The van der Waals surface area contributed by atoms with Crippen LogP contribution in [0.1, 0.15) is 11.1 Å². The number of carbonyl (C=O) groups excluding carboxylic acids is 1. The zero-order chi connectivity index (χ0) is 23.2. The minimum atomic E-state index is -0.279. The zero-order valence-corrected chi connectivity index (χ0v) is 19.7. The van der Waals surface area contributed by atoms with E-state index in [0.29, 0.717) is 21.9 Å². The molecule has 0 saturated carbocycles. The lowest BCUT2D eigenvalue weighted by molar-refractivity contribution is -0.118. The third-order valence-corrected chi connectivity index (χ3v) is 6.72. The molecular weight excluding hydrogens is 452 g/mol. The van der Waals surface area contributed by atoms with Crippen LogP contribution in [0.4, 0.5) is 0 Å². The molecule has 1 N–H and O–H groups in total. The fourth-order valence-electron chi connectivity index (χ4n) is 3.23. The molecule has 2 aromatic heterocycles. The molecule has 4 aromatic rings. The van der Waals surface area contributed by atoms with Gasteiger partial charge in [0, 0.05) is 17.5 Å². The van der Waals surface area contributed by atoms with Crippen LogP contribution in [0.2, 0.25) is 0 Å². The summed E-state index contributed by atoms with van der Waals surface area (Å²) in [4.78, 5) is 31.0. The van der Waals surface area contributed by atoms with Gasteiger partial charge in [-0.15, -0.1) is 17.9 Å². The fraction of sp³-hybridized carbons (Fsp3) is 0.120. The topological polar surface area (TPSA) is 76.3 Å². The molecule has 0 bridgehead atoms. The number of benzene rings is 2. The highest BCUT2D eigenvalue weighted by atomic mass is 32.2. The van der Waals surface area contributed by atoms with Crippen LogP contribution in [0, 0.1) is 6.92 Å². The van der Waals surface area contributed by atoms with Crippen LogP contribution >= 0.6 is 23.1 Å². The number of nitrogens with zero attached hydrogens (tertiary/aromatic N) is 3. The van der Waals surface area contributed by atoms with Gasteiger partial charge in [0.1, 0.15) is 4.83 Å². The number of rotatable bonds is 8. The molecule has 8 heteroatoms. The van der Waals surface area contributed by atoms with Gasteiger partial charge >= 0.3 is 0 Å². The number of aromatic nitrogens is 2. The van der Waals surface area contributed by atoms with E-state index < -0.39 is 0 Å². The Labute approximate surface area is 199 Å². The standard InChI is InChI=1S/C25H22N4O2S2/c1-3-13-29-24(31)22-20(19-7-5-4-6-8-19)15-32-23(22)27-25(29)33-16-21(30)28-26-14-18-11-9-17(2)10-12-18/h3-12,14-15H,1,13,16H2,2H3,(H,28,30)/b26-14+. The van der Waals surface area contributed by atoms with Crippen molar-refractivity contribution in [1.82, 2.24) is 15.0 Å². The van der Waals surface area contributed by atoms with Gasteiger partial charge < -0.3 is 0 Å². The van der Waals surface area contributed by atoms with Crippen molar-refractivity contribution in [3.05, 3.63) is 94.1 Å². The number of carbonyl (C=O) groups is 1. The van der Waals surface area contributed by atoms with Crippen LogP contribution in [0.3, 0.4) is 0 Å². The van der Waals surface area contributed by atoms with E-state index in [1.165, 1.54) is 23.1 Å². The van der Waals surface area contributed by atoms with Crippen LogP contribution < -0.4 is 11.0 Å². The largest absolute Gasteiger partial charge is 0.283 e. The van der Waals surface area contributed by atoms with Crippen molar-refractivity contribution in [2.24, 2.45) is 5.10 Å². The van der Waals surface area contributed by atoms with Crippen molar-refractivity contribution in [1.29, 1.82) is 0 Å². The lowest BCUT2D eigenvalue weighted by atomic mass is 10.1. The van der Waals surface area contributed by atoms with Crippen molar-refractivity contribution in [2.45, 2.75) is 18.6 Å². The molecule has 0 spiro atoms. The van der Waals surface area contributed by atoms with Gasteiger partial charge in [-0.25, -0.2) is 10.4 Å². The Morgan fingerprint density at radius 1 is 1.21 bits per heavy atom. The molecular formula is C25H22N4O2S2. The molecule has 0 fully saturated rings. The van der Waals surface area contributed by atoms with E-state index in [-0.39, 0.29) is 17.2 Å². The number of hydrogen-bond acceptors (Lipinski definition) is 6. The number of allylic oxidation sites excluding steroid dienone is 1. The highest BCUT2D eigenvalue weighted by Gasteiger charge is 2.17. The van der Waals surface area contributed by atoms with Crippen molar-refractivity contribution >= 4 is 45.4 Å². The summed E-state index contributed by atoms with van der Waals surface area (Å²) in [6.45, 7) is 6.08. The Bertz CT molecular complexity index is 1370. The van der Waals surface area contributed by atoms with E-state index in [9.17, 15) is 9.59 Å². The molecule has 6 nitrogen and oxygen atoms in total. The second-order valence-corrected chi connectivity index (χ2v) is 9.09. The molecule has 0 saturated heterocycles. The quantitative estimate of drug-likeness (QED) is 0.130. The lowest BCUT2D eigenvalue weighted by Gasteiger charge is -2.10. The summed E-state index contributed by atoms with van der Waals surface area (Å²) in [5.41, 5.74) is 6.27. The molecule has 2 aromatic carbocycles. The number of amides is 1. The van der Waals surface area contributed by atoms with Gasteiger partial charge in [0.25, 0.3) is 11.5 Å². The highest BCUT2D eigenvalue weighted by molar-refractivity contribution is 7.99. The second-order valence-electron chi connectivity index (χ2n) is 7.29. The predicted octanol–water partition coefficient (Wildman–Crippen LogP) is 4.86. The van der Waals surface area contributed by atoms with Crippen LogP contribution in [-0.2, 0) is 11.3 Å². The van der Waals surface area contributed by atoms with Gasteiger partial charge in [-0.1, -0.05) is 78.0 Å². The van der Waals surface area contributed by atoms with E-state index in [0.717, 1.165) is 22.3 Å². The van der Waals surface area contributed by atoms with Crippen LogP contribution in [0.25, 0.3) is 21.3 Å². The Balaban J connectivity index is 1.53. The minimum Gasteiger partial charge on any atom is -0.283 e. The monoisotopic (exact) mass is 474 g/mol. The number of thioether (sulfide) groups is 1. The van der Waals surface area contributed by atoms with Gasteiger partial charge in [0.2, 0.25) is 0 Å². The lowest BCUT2D eigenvalue weighted by Crippen LogP contribution is -2.24. The summed E-state index contributed by atoms with van der Waals surface area (Å²) in [5.74, 6) is -0.198. The van der Waals surface area contributed by atoms with Crippen molar-refractivity contribution in [3.63, 3.8) is 0 Å². The summed E-state index contributed by atoms with van der Waals surface area (Å²) < 4.78 is 1.56. The number of fused-ring (bicyclic) bond motifs is 1. The average molecular weight is 475 g/mol. The van der Waals surface area contributed by atoms with Gasteiger partial charge in [-0.3, -0.25) is 14.2 Å². The van der Waals surface area contributed by atoms with Crippen LogP contribution in [0.15, 0.2) is 87.7 Å². The molecule has 0 aliphatic carbocycles. The maximum atomic E-state index is 13.3. The van der Waals surface area contributed by atoms with E-state index in [2.05, 4.69) is 22.1 Å². The van der Waals surface area contributed by atoms with Gasteiger partial charge in [0.15, 0.2) is 5.16 Å². The number of aryl methyl sites for hydroxylation is 1. The van der Waals surface area contributed by atoms with Crippen molar-refractivity contribution in [3.8, 4) is 11.1 Å². The summed E-state index contributed by atoms with van der Waals surface area (Å²) in [5, 5.41) is 7.02. The van der Waals surface area contributed by atoms with E-state index in [1.807, 2.05) is 66.9 Å². The molecule has 0 radical (unpaired) electrons. The summed E-state index contributed by atoms with van der Waals surface area (Å²) in [7, 11) is 0. The molecule has 166 valence electrons. The first-order valence-corrected chi connectivity index (χ1v) is 12.1. The van der Waals surface area contributed by atoms with Crippen molar-refractivity contribution < 1.29 is 4.79 Å². The smallest absolute Gasteiger partial charge is 0.263 e. The SMILES string of the molecule is C=CCn1c(SCC(=O)N/N=C/c2ccc(C)cc2)nc2scc(-c3ccccc3)c2c1=O. The summed E-state index contributed by atoms with van der Waals surface area (Å²) in [6.07, 6.45) is 3.25. The molecule has 0 atom stereocenters. The number of thiophene rings is 1. The van der Waals surface area contributed by atoms with E-state index in [1.54, 1.807) is 16.9 Å². The number of hydrazone groups is 1. The highest BCUT2D eigenvalue weighted by Crippen LogP contribution is 2.32. The first-order chi connectivity index (χ1) is 16.1. The van der Waals surface area contributed by atoms with E-state index in [4.69, 9.17) is 0 Å². The molecule has 2 heterocycles. The van der Waals surface area contributed by atoms with Gasteiger partial charge in [-0.2, -0.15) is 5.10 Å². The van der Waals surface area contributed by atoms with E-state index >= 15 is 0 Å². The fourth-order valence-corrected chi connectivity index (χ4v) is 5.02. The normalized spacial score (nSPS) is 11.2. The summed E-state index contributed by atoms with van der Waals surface area (Å²) >= 11 is 2.63. The third kappa shape index (κ3) is 5.30. The average Bonchev–Trinajstić information content (AvgIpc) is 3.26. The Kier molecular flexibility index (Phi) is 7.16. The predicted molar refractivity (Wildman–Crippen MR) is 137 cm³/mol. The zero-order valence-electron chi connectivity index (χ0n) is 18.0. The van der Waals surface area contributed by atoms with Gasteiger partial charge in [-0.05, 0) is 18.1 Å². The number of nitrogens with one attached hydrogen (secondary N) is 1. The Morgan fingerprint density at radius 3 is 2.70 bits per heavy atom. The van der Waals surface area contributed by atoms with Crippen LogP contribution in [0.5, 0.6) is 0 Å². The molecule has 0 aliphatic heterocycles. The Morgan fingerprint density at radius 2 is 1.97 bits per heavy atom. The molecule has 4 rings (SSSR count). The Hall–Kier alpha value is -3.49. The van der Waals surface area contributed by atoms with Crippen molar-refractivity contribution in [2.75, 3.05) is 5.75 Å². The molecule has 33 heavy (non-hydrogen) atoms.